The van der Waals surface area contributed by atoms with E-state index in [4.69, 9.17) is 18.5 Å². The first-order valence-corrected chi connectivity index (χ1v) is 22.3. The van der Waals surface area contributed by atoms with Crippen molar-refractivity contribution in [2.45, 2.75) is 136 Å². The number of phosphoric ester groups is 1. The Morgan fingerprint density at radius 2 is 1.25 bits per heavy atom. The van der Waals surface area contributed by atoms with Gasteiger partial charge in [0.2, 0.25) is 0 Å². The van der Waals surface area contributed by atoms with E-state index in [9.17, 15) is 23.8 Å². The van der Waals surface area contributed by atoms with Gasteiger partial charge >= 0.3 is 19.8 Å². The smallest absolute Gasteiger partial charge is 0.462 e. The van der Waals surface area contributed by atoms with E-state index >= 15 is 0 Å². The van der Waals surface area contributed by atoms with Crippen LogP contribution in [0.15, 0.2) is 36.4 Å². The summed E-state index contributed by atoms with van der Waals surface area (Å²) in [6.07, 6.45) is 17.9. The lowest BCUT2D eigenvalue weighted by Gasteiger charge is -2.25. The molecule has 0 aliphatic carbocycles. The number of nitrogens with zero attached hydrogens (tertiary/aromatic N) is 2. The second kappa shape index (κ2) is 26.9. The lowest BCUT2D eigenvalue weighted by Crippen LogP contribution is -2.37. The molecule has 55 heavy (non-hydrogen) atoms. The Morgan fingerprint density at radius 3 is 1.85 bits per heavy atom. The average molecular weight is 792 g/mol. The zero-order chi connectivity index (χ0) is 40.5. The minimum Gasteiger partial charge on any atom is -0.462 e. The number of carbonyl (C=O) groups is 3. The number of hydrogen-bond donors (Lipinski definition) is 1. The molecule has 2 aromatic rings. The third-order valence-corrected chi connectivity index (χ3v) is 10.6. The summed E-state index contributed by atoms with van der Waals surface area (Å²) in [6, 6.07) is 11.5. The van der Waals surface area contributed by atoms with Crippen molar-refractivity contribution in [3.05, 3.63) is 42.0 Å². The molecule has 12 heteroatoms. The van der Waals surface area contributed by atoms with E-state index in [1.807, 2.05) is 57.5 Å². The van der Waals surface area contributed by atoms with Crippen LogP contribution in [0.5, 0.6) is 0 Å². The first-order valence-electron chi connectivity index (χ1n) is 20.8. The number of quaternary nitrogens is 1. The van der Waals surface area contributed by atoms with Crippen LogP contribution in [-0.4, -0.2) is 94.3 Å². The van der Waals surface area contributed by atoms with Crippen molar-refractivity contribution in [2.75, 3.05) is 66.0 Å². The number of ether oxygens (including phenoxy) is 2. The molecule has 2 aromatic carbocycles. The molecule has 0 fully saturated rings. The number of esters is 2. The van der Waals surface area contributed by atoms with Gasteiger partial charge in [0, 0.05) is 31.1 Å². The zero-order valence-electron chi connectivity index (χ0n) is 34.9. The molecule has 0 bridgehead atoms. The van der Waals surface area contributed by atoms with E-state index in [1.54, 1.807) is 11.9 Å². The first-order chi connectivity index (χ1) is 26.2. The van der Waals surface area contributed by atoms with E-state index in [-0.39, 0.29) is 32.0 Å². The SMILES string of the molecule is CCCCCCCCCCCC(=O)OCC(COP(=O)(O)OCC[N+](C)(C)C)OC(=O)CN(C)c1ccc2cc(C(=O)CCCCCCCCC)ccc2c1. The number of likely N-dealkylation sites (N-methyl/N-ethyl adjacent to an activating group) is 2. The molecule has 11 nitrogen and oxygen atoms in total. The highest BCUT2D eigenvalue weighted by Crippen LogP contribution is 2.43. The van der Waals surface area contributed by atoms with E-state index in [0.717, 1.165) is 48.6 Å². The van der Waals surface area contributed by atoms with Crippen LogP contribution in [-0.2, 0) is 32.7 Å². The maximum Gasteiger partial charge on any atom is 0.472 e. The number of Topliss-reactive ketones (excluding diaryl/α,β-unsaturated/α-hetero) is 1. The molecule has 0 aliphatic rings. The molecule has 0 saturated heterocycles. The van der Waals surface area contributed by atoms with Gasteiger partial charge in [0.1, 0.15) is 26.3 Å². The van der Waals surface area contributed by atoms with Gasteiger partial charge in [0.15, 0.2) is 11.9 Å². The molecule has 312 valence electrons. The monoisotopic (exact) mass is 791 g/mol. The van der Waals surface area contributed by atoms with Gasteiger partial charge in [-0.2, -0.15) is 0 Å². The summed E-state index contributed by atoms with van der Waals surface area (Å²) >= 11 is 0. The standard InChI is InChI=1S/C43H71N2O9P/c1-7-9-11-13-15-16-18-20-22-24-42(47)51-34-40(35-53-55(49,50)52-30-29-45(4,5)6)54-43(48)33-44(3)39-28-27-36-31-38(26-25-37(36)32-39)41(46)23-21-19-17-14-12-10-8-2/h25-28,31-32,40H,7-24,29-30,33-35H2,1-6H3/p+1. The van der Waals surface area contributed by atoms with Crippen LogP contribution in [0.3, 0.4) is 0 Å². The fourth-order valence-electron chi connectivity index (χ4n) is 6.14. The summed E-state index contributed by atoms with van der Waals surface area (Å²) in [4.78, 5) is 50.5. The van der Waals surface area contributed by atoms with Crippen LogP contribution in [0.25, 0.3) is 10.8 Å². The molecule has 0 aliphatic heterocycles. The number of anilines is 1. The summed E-state index contributed by atoms with van der Waals surface area (Å²) in [5.41, 5.74) is 1.47. The molecule has 0 heterocycles. The fourth-order valence-corrected chi connectivity index (χ4v) is 6.88. The van der Waals surface area contributed by atoms with Gasteiger partial charge in [-0.15, -0.1) is 0 Å². The number of hydrogen-bond acceptors (Lipinski definition) is 9. The second-order valence-corrected chi connectivity index (χ2v) is 17.3. The number of unbranched alkanes of at least 4 members (excludes halogenated alkanes) is 14. The van der Waals surface area contributed by atoms with Crippen LogP contribution in [0, 0.1) is 0 Å². The summed E-state index contributed by atoms with van der Waals surface area (Å²) in [6.45, 7) is 3.93. The number of benzene rings is 2. The highest BCUT2D eigenvalue weighted by Gasteiger charge is 2.27. The molecule has 2 atom stereocenters. The zero-order valence-corrected chi connectivity index (χ0v) is 35.8. The van der Waals surface area contributed by atoms with Crippen LogP contribution in [0.2, 0.25) is 0 Å². The van der Waals surface area contributed by atoms with Gasteiger partial charge in [0.25, 0.3) is 0 Å². The highest BCUT2D eigenvalue weighted by molar-refractivity contribution is 7.47. The van der Waals surface area contributed by atoms with Crippen LogP contribution in [0.4, 0.5) is 5.69 Å². The third kappa shape index (κ3) is 22.5. The molecule has 0 saturated carbocycles. The Labute approximate surface area is 331 Å². The number of rotatable bonds is 32. The van der Waals surface area contributed by atoms with Crippen molar-refractivity contribution in [1.82, 2.24) is 0 Å². The number of phosphoric acid groups is 1. The van der Waals surface area contributed by atoms with E-state index in [2.05, 4.69) is 13.8 Å². The third-order valence-electron chi connectivity index (χ3n) is 9.61. The average Bonchev–Trinajstić information content (AvgIpc) is 3.13. The summed E-state index contributed by atoms with van der Waals surface area (Å²) in [5.74, 6) is -0.900. The molecule has 0 radical (unpaired) electrons. The van der Waals surface area contributed by atoms with Crippen LogP contribution < -0.4 is 4.90 Å². The molecule has 2 rings (SSSR count). The first kappa shape index (κ1) is 48.3. The maximum absolute atomic E-state index is 13.1. The van der Waals surface area contributed by atoms with Gasteiger partial charge in [-0.05, 0) is 41.8 Å². The van der Waals surface area contributed by atoms with Crippen molar-refractivity contribution >= 4 is 42.0 Å². The summed E-state index contributed by atoms with van der Waals surface area (Å²) in [7, 11) is 3.08. The van der Waals surface area contributed by atoms with E-state index in [0.29, 0.717) is 29.4 Å². The van der Waals surface area contributed by atoms with Crippen molar-refractivity contribution in [3.63, 3.8) is 0 Å². The molecule has 2 unspecified atom stereocenters. The number of ketones is 1. The Hall–Kier alpha value is -2.82. The van der Waals surface area contributed by atoms with Gasteiger partial charge in [-0.1, -0.05) is 122 Å². The quantitative estimate of drug-likeness (QED) is 0.0251. The van der Waals surface area contributed by atoms with E-state index in [1.165, 1.54) is 64.2 Å². The Morgan fingerprint density at radius 1 is 0.709 bits per heavy atom. The van der Waals surface area contributed by atoms with Crippen molar-refractivity contribution < 1.29 is 46.8 Å². The predicted octanol–water partition coefficient (Wildman–Crippen LogP) is 9.82. The lowest BCUT2D eigenvalue weighted by atomic mass is 10.00. The van der Waals surface area contributed by atoms with Crippen LogP contribution in [0.1, 0.15) is 140 Å². The van der Waals surface area contributed by atoms with Crippen molar-refractivity contribution in [1.29, 1.82) is 0 Å². The van der Waals surface area contributed by atoms with Crippen LogP contribution >= 0.6 is 7.82 Å². The largest absolute Gasteiger partial charge is 0.472 e. The summed E-state index contributed by atoms with van der Waals surface area (Å²) in [5, 5.41) is 1.86. The van der Waals surface area contributed by atoms with Gasteiger partial charge in [0.05, 0.1) is 27.7 Å². The molecule has 0 spiro atoms. The predicted molar refractivity (Wildman–Crippen MR) is 221 cm³/mol. The minimum atomic E-state index is -4.46. The molecular weight excluding hydrogens is 719 g/mol. The number of fused-ring (bicyclic) bond motifs is 1. The molecule has 1 N–H and O–H groups in total. The normalized spacial score (nSPS) is 13.4. The summed E-state index contributed by atoms with van der Waals surface area (Å²) < 4.78 is 34.5. The second-order valence-electron chi connectivity index (χ2n) is 15.9. The van der Waals surface area contributed by atoms with Crippen molar-refractivity contribution in [3.8, 4) is 0 Å². The minimum absolute atomic E-state index is 0.0110. The number of carbonyl (C=O) groups excluding carboxylic acids is 3. The Balaban J connectivity index is 1.93. The Bertz CT molecular complexity index is 1460. The molecule has 0 amide bonds. The fraction of sp³-hybridized carbons (Fsp3) is 0.698. The highest BCUT2D eigenvalue weighted by atomic mass is 31.2. The topological polar surface area (TPSA) is 129 Å². The van der Waals surface area contributed by atoms with Gasteiger partial charge in [-0.3, -0.25) is 23.4 Å². The molecular formula is C43H72N2O9P+. The van der Waals surface area contributed by atoms with Gasteiger partial charge < -0.3 is 23.8 Å². The Kier molecular flexibility index (Phi) is 23.7. The lowest BCUT2D eigenvalue weighted by molar-refractivity contribution is -0.870. The molecule has 0 aromatic heterocycles. The van der Waals surface area contributed by atoms with Gasteiger partial charge in [-0.25, -0.2) is 4.57 Å². The van der Waals surface area contributed by atoms with Crippen molar-refractivity contribution in [2.24, 2.45) is 0 Å². The van der Waals surface area contributed by atoms with E-state index < -0.39 is 32.5 Å². The maximum atomic E-state index is 13.1.